The number of ether oxygens (including phenoxy) is 1. The molecular weight excluding hydrogens is 468 g/mol. The molecule has 1 aliphatic heterocycles. The minimum absolute atomic E-state index is 0.0379. The molecule has 10 heteroatoms. The maximum Gasteiger partial charge on any atom is 0.262 e. The maximum absolute atomic E-state index is 13.4. The van der Waals surface area contributed by atoms with Gasteiger partial charge in [-0.05, 0) is 56.5 Å². The lowest BCUT2D eigenvalue weighted by Gasteiger charge is -2.14. The van der Waals surface area contributed by atoms with Crippen molar-refractivity contribution in [2.24, 2.45) is 0 Å². The zero-order valence-electron chi connectivity index (χ0n) is 19.9. The van der Waals surface area contributed by atoms with Crippen LogP contribution < -0.4 is 16.2 Å². The van der Waals surface area contributed by atoms with Gasteiger partial charge in [0.15, 0.2) is 5.16 Å². The summed E-state index contributed by atoms with van der Waals surface area (Å²) in [5.41, 5.74) is 0.555. The topological polar surface area (TPSA) is 115 Å². The minimum atomic E-state index is -0.262. The van der Waals surface area contributed by atoms with Crippen LogP contribution in [0.5, 0.6) is 0 Å². The smallest absolute Gasteiger partial charge is 0.262 e. The molecule has 3 heterocycles. The molecule has 2 atom stereocenters. The van der Waals surface area contributed by atoms with E-state index in [0.717, 1.165) is 25.9 Å². The first-order valence-electron chi connectivity index (χ1n) is 11.8. The molecule has 0 spiro atoms. The van der Waals surface area contributed by atoms with E-state index in [1.807, 2.05) is 13.8 Å². The van der Waals surface area contributed by atoms with Crippen LogP contribution in [0.3, 0.4) is 0 Å². The molecule has 4 rings (SSSR count). The molecule has 0 radical (unpaired) electrons. The highest BCUT2D eigenvalue weighted by atomic mass is 32.2. The van der Waals surface area contributed by atoms with E-state index in [2.05, 4.69) is 15.6 Å². The summed E-state index contributed by atoms with van der Waals surface area (Å²) in [6.45, 7) is 5.29. The summed E-state index contributed by atoms with van der Waals surface area (Å²) in [6, 6.07) is 8.45. The summed E-state index contributed by atoms with van der Waals surface area (Å²) >= 11 is 1.18. The summed E-state index contributed by atoms with van der Waals surface area (Å²) in [6.07, 6.45) is 4.34. The number of nitrogens with one attached hydrogen (secondary N) is 2. The first-order chi connectivity index (χ1) is 16.9. The lowest BCUT2D eigenvalue weighted by Crippen LogP contribution is -2.33. The van der Waals surface area contributed by atoms with Gasteiger partial charge in [0.05, 0.1) is 35.6 Å². The van der Waals surface area contributed by atoms with E-state index < -0.39 is 0 Å². The standard InChI is InChI=1S/C25H30N4O5S/c1-3-16(2)27-22(30)15-35-25-28-21-12-17(23(31)26-13-18-6-4-10-33-18)8-9-20(21)24(32)29(25)14-19-7-5-11-34-19/h5,7-9,11-12,16,18H,3-4,6,10,13-15H2,1-2H3,(H,26,31)(H,27,30)/t16-,18-/m0/s1. The average Bonchev–Trinajstić information content (AvgIpc) is 3.57. The van der Waals surface area contributed by atoms with Gasteiger partial charge in [-0.25, -0.2) is 4.98 Å². The zero-order chi connectivity index (χ0) is 24.8. The molecule has 9 nitrogen and oxygen atoms in total. The van der Waals surface area contributed by atoms with Crippen molar-refractivity contribution >= 4 is 34.5 Å². The first kappa shape index (κ1) is 25.0. The molecule has 0 unspecified atom stereocenters. The highest BCUT2D eigenvalue weighted by molar-refractivity contribution is 7.99. The molecule has 2 amide bonds. The molecule has 2 N–H and O–H groups in total. The lowest BCUT2D eigenvalue weighted by atomic mass is 10.1. The second kappa shape index (κ2) is 11.5. The van der Waals surface area contributed by atoms with E-state index in [4.69, 9.17) is 9.15 Å². The van der Waals surface area contributed by atoms with Gasteiger partial charge >= 0.3 is 0 Å². The van der Waals surface area contributed by atoms with Crippen LogP contribution >= 0.6 is 11.8 Å². The molecule has 2 aromatic heterocycles. The monoisotopic (exact) mass is 498 g/mol. The van der Waals surface area contributed by atoms with Gasteiger partial charge in [0, 0.05) is 24.8 Å². The number of hydrogen-bond acceptors (Lipinski definition) is 7. The fourth-order valence-electron chi connectivity index (χ4n) is 3.81. The predicted octanol–water partition coefficient (Wildman–Crippen LogP) is 2.95. The van der Waals surface area contributed by atoms with Crippen LogP contribution in [0, 0.1) is 0 Å². The lowest BCUT2D eigenvalue weighted by molar-refractivity contribution is -0.119. The minimum Gasteiger partial charge on any atom is -0.467 e. The van der Waals surface area contributed by atoms with Crippen molar-refractivity contribution in [2.45, 2.75) is 57.0 Å². The number of rotatable bonds is 10. The highest BCUT2D eigenvalue weighted by Crippen LogP contribution is 2.20. The van der Waals surface area contributed by atoms with Crippen LogP contribution in [0.15, 0.2) is 51.0 Å². The fraction of sp³-hybridized carbons (Fsp3) is 0.440. The molecule has 1 aromatic carbocycles. The Hall–Kier alpha value is -3.11. The van der Waals surface area contributed by atoms with E-state index >= 15 is 0 Å². The molecule has 186 valence electrons. The number of aromatic nitrogens is 2. The van der Waals surface area contributed by atoms with E-state index in [9.17, 15) is 14.4 Å². The molecule has 1 fully saturated rings. The number of amides is 2. The van der Waals surface area contributed by atoms with E-state index in [0.29, 0.717) is 33.9 Å². The first-order valence-corrected chi connectivity index (χ1v) is 12.8. The molecule has 3 aromatic rings. The van der Waals surface area contributed by atoms with Gasteiger partial charge in [-0.3, -0.25) is 19.0 Å². The Labute approximate surface area is 207 Å². The Morgan fingerprint density at radius 2 is 2.17 bits per heavy atom. The van der Waals surface area contributed by atoms with Gasteiger partial charge in [-0.2, -0.15) is 0 Å². The van der Waals surface area contributed by atoms with Gasteiger partial charge in [-0.15, -0.1) is 0 Å². The molecule has 0 saturated carbocycles. The zero-order valence-corrected chi connectivity index (χ0v) is 20.7. The van der Waals surface area contributed by atoms with E-state index in [1.165, 1.54) is 16.3 Å². The van der Waals surface area contributed by atoms with E-state index in [-0.39, 0.29) is 41.8 Å². The average molecular weight is 499 g/mol. The molecular formula is C25H30N4O5S. The summed E-state index contributed by atoms with van der Waals surface area (Å²) in [5.74, 6) is 0.336. The SMILES string of the molecule is CC[C@H](C)NC(=O)CSc1nc2cc(C(=O)NC[C@@H]3CCCO3)ccc2c(=O)n1Cc1ccco1. The summed E-state index contributed by atoms with van der Waals surface area (Å²) < 4.78 is 12.5. The molecule has 0 aliphatic carbocycles. The number of fused-ring (bicyclic) bond motifs is 1. The largest absolute Gasteiger partial charge is 0.467 e. The Kier molecular flexibility index (Phi) is 8.25. The van der Waals surface area contributed by atoms with Crippen LogP contribution in [-0.4, -0.2) is 52.4 Å². The number of hydrogen-bond donors (Lipinski definition) is 2. The van der Waals surface area contributed by atoms with Crippen molar-refractivity contribution in [3.63, 3.8) is 0 Å². The molecule has 1 saturated heterocycles. The predicted molar refractivity (Wildman–Crippen MR) is 134 cm³/mol. The van der Waals surface area contributed by atoms with Gasteiger partial charge in [-0.1, -0.05) is 18.7 Å². The summed E-state index contributed by atoms with van der Waals surface area (Å²) in [4.78, 5) is 43.1. The Bertz CT molecular complexity index is 1230. The third-order valence-corrected chi connectivity index (χ3v) is 6.92. The van der Waals surface area contributed by atoms with Gasteiger partial charge in [0.1, 0.15) is 5.76 Å². The van der Waals surface area contributed by atoms with Crippen LogP contribution in [0.1, 0.15) is 49.2 Å². The van der Waals surface area contributed by atoms with Crippen molar-refractivity contribution in [2.75, 3.05) is 18.9 Å². The van der Waals surface area contributed by atoms with Gasteiger partial charge < -0.3 is 19.8 Å². The van der Waals surface area contributed by atoms with Crippen LogP contribution in [0.2, 0.25) is 0 Å². The fourth-order valence-corrected chi connectivity index (χ4v) is 4.62. The molecule has 0 bridgehead atoms. The number of furan rings is 1. The molecule has 35 heavy (non-hydrogen) atoms. The van der Waals surface area contributed by atoms with Crippen LogP contribution in [0.25, 0.3) is 10.9 Å². The molecule has 1 aliphatic rings. The number of nitrogens with zero attached hydrogens (tertiary/aromatic N) is 2. The number of carbonyl (C=O) groups is 2. The normalized spacial score (nSPS) is 16.3. The van der Waals surface area contributed by atoms with E-state index in [1.54, 1.807) is 36.6 Å². The third kappa shape index (κ3) is 6.32. The Balaban J connectivity index is 1.60. The second-order valence-electron chi connectivity index (χ2n) is 8.61. The van der Waals surface area contributed by atoms with Crippen molar-refractivity contribution in [3.05, 3.63) is 58.3 Å². The van der Waals surface area contributed by atoms with Crippen molar-refractivity contribution < 1.29 is 18.7 Å². The quantitative estimate of drug-likeness (QED) is 0.326. The maximum atomic E-state index is 13.4. The van der Waals surface area contributed by atoms with Crippen molar-refractivity contribution in [1.82, 2.24) is 20.2 Å². The van der Waals surface area contributed by atoms with Gasteiger partial charge in [0.25, 0.3) is 11.5 Å². The second-order valence-corrected chi connectivity index (χ2v) is 9.55. The summed E-state index contributed by atoms with van der Waals surface area (Å²) in [7, 11) is 0. The summed E-state index contributed by atoms with van der Waals surface area (Å²) in [5, 5.41) is 6.59. The van der Waals surface area contributed by atoms with Crippen LogP contribution in [0.4, 0.5) is 0 Å². The number of carbonyl (C=O) groups excluding carboxylic acids is 2. The third-order valence-electron chi connectivity index (χ3n) is 5.94. The number of benzene rings is 1. The number of thioether (sulfide) groups is 1. The Morgan fingerprint density at radius 1 is 1.31 bits per heavy atom. The van der Waals surface area contributed by atoms with Crippen molar-refractivity contribution in [1.29, 1.82) is 0 Å². The van der Waals surface area contributed by atoms with Crippen LogP contribution in [-0.2, 0) is 16.1 Å². The van der Waals surface area contributed by atoms with Gasteiger partial charge in [0.2, 0.25) is 5.91 Å². The van der Waals surface area contributed by atoms with Crippen molar-refractivity contribution in [3.8, 4) is 0 Å². The highest BCUT2D eigenvalue weighted by Gasteiger charge is 2.19. The Morgan fingerprint density at radius 3 is 2.89 bits per heavy atom.